The van der Waals surface area contributed by atoms with Gasteiger partial charge in [0.2, 0.25) is 5.82 Å². The van der Waals surface area contributed by atoms with E-state index in [4.69, 9.17) is 11.6 Å². The first-order chi connectivity index (χ1) is 9.13. The van der Waals surface area contributed by atoms with Crippen molar-refractivity contribution in [1.82, 2.24) is 9.97 Å². The normalized spacial score (nSPS) is 10.2. The molecule has 1 heterocycles. The number of nitro groups is 1. The molecule has 0 atom stereocenters. The highest BCUT2D eigenvalue weighted by molar-refractivity contribution is 7.99. The maximum atomic E-state index is 11.1. The molecule has 8 heteroatoms. The summed E-state index contributed by atoms with van der Waals surface area (Å²) in [5.74, 6) is 0.176. The monoisotopic (exact) mass is 296 g/mol. The molecule has 1 aromatic carbocycles. The van der Waals surface area contributed by atoms with Gasteiger partial charge in [0.15, 0.2) is 5.03 Å². The Morgan fingerprint density at radius 2 is 2.11 bits per heavy atom. The molecule has 0 aliphatic rings. The molecule has 0 aliphatic heterocycles. The molecule has 0 amide bonds. The van der Waals surface area contributed by atoms with Crippen LogP contribution in [-0.4, -0.2) is 21.9 Å². The van der Waals surface area contributed by atoms with E-state index in [1.807, 2.05) is 0 Å². The zero-order valence-electron chi connectivity index (χ0n) is 9.83. The lowest BCUT2D eigenvalue weighted by Gasteiger charge is -2.06. The van der Waals surface area contributed by atoms with Gasteiger partial charge in [0.05, 0.1) is 9.95 Å². The number of nitrogens with zero attached hydrogens (tertiary/aromatic N) is 3. The molecule has 1 aromatic heterocycles. The minimum atomic E-state index is -0.509. The highest BCUT2D eigenvalue weighted by atomic mass is 35.5. The molecular weight excluding hydrogens is 288 g/mol. The Hall–Kier alpha value is -1.86. The largest absolute Gasteiger partial charge is 0.367 e. The topological polar surface area (TPSA) is 81.0 Å². The van der Waals surface area contributed by atoms with Gasteiger partial charge >= 0.3 is 5.69 Å². The molecule has 0 aliphatic carbocycles. The van der Waals surface area contributed by atoms with Gasteiger partial charge in [-0.1, -0.05) is 35.5 Å². The standard InChI is InChI=1S/C11H9ClN4O2S/c1-13-10-9(16(17)18)11(15-6-14-10)19-8-5-3-2-4-7(8)12/h2-6H,1H3,(H,13,14,15). The second-order valence-corrected chi connectivity index (χ2v) is 4.85. The Morgan fingerprint density at radius 1 is 1.37 bits per heavy atom. The van der Waals surface area contributed by atoms with Crippen LogP contribution in [0.2, 0.25) is 5.02 Å². The average Bonchev–Trinajstić information content (AvgIpc) is 2.40. The number of hydrogen-bond acceptors (Lipinski definition) is 6. The summed E-state index contributed by atoms with van der Waals surface area (Å²) in [6, 6.07) is 7.09. The van der Waals surface area contributed by atoms with Gasteiger partial charge in [-0.2, -0.15) is 0 Å². The molecule has 0 fully saturated rings. The summed E-state index contributed by atoms with van der Waals surface area (Å²) in [6.07, 6.45) is 1.28. The third-order valence-electron chi connectivity index (χ3n) is 2.25. The molecule has 6 nitrogen and oxygen atoms in total. The fourth-order valence-electron chi connectivity index (χ4n) is 1.42. The lowest BCUT2D eigenvalue weighted by molar-refractivity contribution is -0.387. The number of nitrogens with one attached hydrogen (secondary N) is 1. The van der Waals surface area contributed by atoms with Crippen LogP contribution >= 0.6 is 23.4 Å². The van der Waals surface area contributed by atoms with Gasteiger partial charge < -0.3 is 5.32 Å². The van der Waals surface area contributed by atoms with Gasteiger partial charge in [0.25, 0.3) is 0 Å². The Morgan fingerprint density at radius 3 is 2.74 bits per heavy atom. The molecular formula is C11H9ClN4O2S. The SMILES string of the molecule is CNc1ncnc(Sc2ccccc2Cl)c1[N+](=O)[O-]. The molecule has 1 N–H and O–H groups in total. The van der Waals surface area contributed by atoms with E-state index in [0.717, 1.165) is 11.8 Å². The number of benzene rings is 1. The number of rotatable bonds is 4. The Balaban J connectivity index is 2.46. The minimum Gasteiger partial charge on any atom is -0.367 e. The van der Waals surface area contributed by atoms with Crippen molar-refractivity contribution in [3.05, 3.63) is 45.7 Å². The third kappa shape index (κ3) is 2.94. The predicted molar refractivity (Wildman–Crippen MR) is 73.8 cm³/mol. The van der Waals surface area contributed by atoms with Crippen molar-refractivity contribution in [3.63, 3.8) is 0 Å². The molecule has 19 heavy (non-hydrogen) atoms. The molecule has 0 saturated heterocycles. The molecule has 0 unspecified atom stereocenters. The fourth-order valence-corrected chi connectivity index (χ4v) is 2.56. The van der Waals surface area contributed by atoms with Crippen LogP contribution in [0, 0.1) is 10.1 Å². The zero-order chi connectivity index (χ0) is 13.8. The number of aromatic nitrogens is 2. The van der Waals surface area contributed by atoms with E-state index in [9.17, 15) is 10.1 Å². The van der Waals surface area contributed by atoms with Gasteiger partial charge in [-0.3, -0.25) is 10.1 Å². The van der Waals surface area contributed by atoms with Crippen molar-refractivity contribution in [2.45, 2.75) is 9.92 Å². The molecule has 2 rings (SSSR count). The summed E-state index contributed by atoms with van der Waals surface area (Å²) >= 11 is 7.16. The van der Waals surface area contributed by atoms with E-state index in [0.29, 0.717) is 9.92 Å². The molecule has 0 radical (unpaired) electrons. The summed E-state index contributed by atoms with van der Waals surface area (Å²) < 4.78 is 0. The highest BCUT2D eigenvalue weighted by Gasteiger charge is 2.23. The molecule has 0 spiro atoms. The quantitative estimate of drug-likeness (QED) is 0.530. The molecule has 2 aromatic rings. The van der Waals surface area contributed by atoms with E-state index >= 15 is 0 Å². The van der Waals surface area contributed by atoms with Crippen molar-refractivity contribution >= 4 is 34.9 Å². The molecule has 0 bridgehead atoms. The van der Waals surface area contributed by atoms with Crippen molar-refractivity contribution in [2.75, 3.05) is 12.4 Å². The van der Waals surface area contributed by atoms with Crippen molar-refractivity contribution in [1.29, 1.82) is 0 Å². The Kier molecular flexibility index (Phi) is 4.18. The van der Waals surface area contributed by atoms with Crippen LogP contribution in [-0.2, 0) is 0 Å². The number of anilines is 1. The second-order valence-electron chi connectivity index (χ2n) is 3.42. The predicted octanol–water partition coefficient (Wildman–Crippen LogP) is 3.23. The summed E-state index contributed by atoms with van der Waals surface area (Å²) in [4.78, 5) is 19.1. The molecule has 98 valence electrons. The van der Waals surface area contributed by atoms with E-state index in [1.165, 1.54) is 6.33 Å². The average molecular weight is 297 g/mol. The van der Waals surface area contributed by atoms with Gasteiger partial charge in [-0.25, -0.2) is 9.97 Å². The van der Waals surface area contributed by atoms with Gasteiger partial charge in [-0.15, -0.1) is 0 Å². The fraction of sp³-hybridized carbons (Fsp3) is 0.0909. The van der Waals surface area contributed by atoms with Crippen LogP contribution < -0.4 is 5.32 Å². The summed E-state index contributed by atoms with van der Waals surface area (Å²) in [5.41, 5.74) is -0.157. The van der Waals surface area contributed by atoms with Crippen molar-refractivity contribution in [3.8, 4) is 0 Å². The van der Waals surface area contributed by atoms with Gasteiger partial charge in [0.1, 0.15) is 6.33 Å². The summed E-state index contributed by atoms with van der Waals surface area (Å²) in [5, 5.41) is 14.6. The van der Waals surface area contributed by atoms with E-state index in [-0.39, 0.29) is 16.5 Å². The van der Waals surface area contributed by atoms with Crippen LogP contribution in [0.1, 0.15) is 0 Å². The maximum Gasteiger partial charge on any atom is 0.343 e. The van der Waals surface area contributed by atoms with Crippen LogP contribution in [0.3, 0.4) is 0 Å². The van der Waals surface area contributed by atoms with E-state index < -0.39 is 4.92 Å². The van der Waals surface area contributed by atoms with Crippen LogP contribution in [0.25, 0.3) is 0 Å². The second kappa shape index (κ2) is 5.85. The number of halogens is 1. The number of hydrogen-bond donors (Lipinski definition) is 1. The maximum absolute atomic E-state index is 11.1. The third-order valence-corrected chi connectivity index (χ3v) is 3.76. The van der Waals surface area contributed by atoms with Gasteiger partial charge in [-0.05, 0) is 12.1 Å². The highest BCUT2D eigenvalue weighted by Crippen LogP contribution is 2.38. The first-order valence-corrected chi connectivity index (χ1v) is 6.42. The lowest BCUT2D eigenvalue weighted by atomic mass is 10.4. The van der Waals surface area contributed by atoms with Crippen LogP contribution in [0.4, 0.5) is 11.5 Å². The zero-order valence-corrected chi connectivity index (χ0v) is 11.4. The minimum absolute atomic E-state index is 0.157. The van der Waals surface area contributed by atoms with Crippen molar-refractivity contribution in [2.24, 2.45) is 0 Å². The van der Waals surface area contributed by atoms with E-state index in [2.05, 4.69) is 15.3 Å². The summed E-state index contributed by atoms with van der Waals surface area (Å²) in [7, 11) is 1.57. The van der Waals surface area contributed by atoms with Crippen molar-refractivity contribution < 1.29 is 4.92 Å². The smallest absolute Gasteiger partial charge is 0.343 e. The van der Waals surface area contributed by atoms with Gasteiger partial charge in [0, 0.05) is 11.9 Å². The Bertz CT molecular complexity index is 623. The Labute approximate surface area is 118 Å². The van der Waals surface area contributed by atoms with Crippen LogP contribution in [0.15, 0.2) is 40.5 Å². The first-order valence-electron chi connectivity index (χ1n) is 5.23. The van der Waals surface area contributed by atoms with E-state index in [1.54, 1.807) is 31.3 Å². The van der Waals surface area contributed by atoms with Crippen LogP contribution in [0.5, 0.6) is 0 Å². The lowest BCUT2D eigenvalue weighted by Crippen LogP contribution is -2.02. The first kappa shape index (κ1) is 13.6. The summed E-state index contributed by atoms with van der Waals surface area (Å²) in [6.45, 7) is 0. The molecule has 0 saturated carbocycles.